The molecule has 0 aromatic carbocycles. The van der Waals surface area contributed by atoms with Crippen LogP contribution in [0, 0.1) is 0 Å². The molecule has 0 N–H and O–H groups in total. The number of carbonyl (C=O) groups excluding carboxylic acids is 1. The minimum atomic E-state index is 0.363. The number of nitrogens with zero attached hydrogens (tertiary/aromatic N) is 2. The zero-order valence-electron chi connectivity index (χ0n) is 7.03. The number of aliphatic imine (C=N–C) groups is 1. The Morgan fingerprint density at radius 2 is 2.43 bits per heavy atom. The molecule has 5 heteroatoms. The summed E-state index contributed by atoms with van der Waals surface area (Å²) in [4.78, 5) is 18.6. The fourth-order valence-electron chi connectivity index (χ4n) is 1.14. The molecule has 0 radical (unpaired) electrons. The summed E-state index contributed by atoms with van der Waals surface area (Å²) in [5.74, 6) is 0. The molecule has 2 rings (SSSR count). The highest BCUT2D eigenvalue weighted by Crippen LogP contribution is 2.25. The molecular weight excluding hydrogens is 220 g/mol. The monoisotopic (exact) mass is 224 g/mol. The number of hydrogen-bond donors (Lipinski definition) is 0. The molecule has 0 unspecified atom stereocenters. The zero-order valence-corrected chi connectivity index (χ0v) is 8.60. The highest BCUT2D eigenvalue weighted by molar-refractivity contribution is 7.19. The Morgan fingerprint density at radius 1 is 1.57 bits per heavy atom. The van der Waals surface area contributed by atoms with Crippen LogP contribution in [-0.4, -0.2) is 11.1 Å². The molecule has 0 saturated carbocycles. The average Bonchev–Trinajstić information content (AvgIpc) is 2.56. The molecule has 0 aliphatic heterocycles. The van der Waals surface area contributed by atoms with Crippen molar-refractivity contribution in [1.29, 1.82) is 0 Å². The second-order valence-electron chi connectivity index (χ2n) is 2.64. The fourth-order valence-corrected chi connectivity index (χ4v) is 2.22. The topological polar surface area (TPSA) is 42.3 Å². The summed E-state index contributed by atoms with van der Waals surface area (Å²) in [6, 6.07) is 5.53. The molecule has 0 bridgehead atoms. The summed E-state index contributed by atoms with van der Waals surface area (Å²) in [6.45, 7) is 0.363. The van der Waals surface area contributed by atoms with E-state index in [0.717, 1.165) is 15.1 Å². The smallest absolute Gasteiger partial charge is 0.235 e. The largest absolute Gasteiger partial charge is 0.235 e. The van der Waals surface area contributed by atoms with Crippen LogP contribution in [0.15, 0.2) is 23.2 Å². The average molecular weight is 225 g/mol. The highest BCUT2D eigenvalue weighted by atomic mass is 35.5. The van der Waals surface area contributed by atoms with E-state index in [4.69, 9.17) is 11.6 Å². The van der Waals surface area contributed by atoms with Crippen molar-refractivity contribution in [1.82, 2.24) is 4.98 Å². The number of halogens is 1. The third-order valence-electron chi connectivity index (χ3n) is 1.69. The molecule has 0 saturated heterocycles. The molecule has 0 atom stereocenters. The first-order valence-corrected chi connectivity index (χ1v) is 5.07. The number of pyridine rings is 1. The van der Waals surface area contributed by atoms with Crippen molar-refractivity contribution < 1.29 is 4.79 Å². The molecule has 3 nitrogen and oxygen atoms in total. The van der Waals surface area contributed by atoms with Crippen LogP contribution in [0.2, 0.25) is 5.15 Å². The van der Waals surface area contributed by atoms with Crippen molar-refractivity contribution in [2.45, 2.75) is 6.54 Å². The highest BCUT2D eigenvalue weighted by Gasteiger charge is 2.02. The predicted molar refractivity (Wildman–Crippen MR) is 56.5 cm³/mol. The van der Waals surface area contributed by atoms with Gasteiger partial charge >= 0.3 is 0 Å². The zero-order chi connectivity index (χ0) is 9.97. The van der Waals surface area contributed by atoms with Crippen LogP contribution in [-0.2, 0) is 11.3 Å². The minimum Gasteiger partial charge on any atom is -0.235 e. The summed E-state index contributed by atoms with van der Waals surface area (Å²) in [5.41, 5.74) is 0.846. The van der Waals surface area contributed by atoms with Crippen LogP contribution in [0.3, 0.4) is 0 Å². The van der Waals surface area contributed by atoms with Gasteiger partial charge in [-0.2, -0.15) is 0 Å². The van der Waals surface area contributed by atoms with E-state index in [0.29, 0.717) is 11.7 Å². The molecule has 0 amide bonds. The van der Waals surface area contributed by atoms with Crippen molar-refractivity contribution in [2.24, 2.45) is 4.99 Å². The van der Waals surface area contributed by atoms with Gasteiger partial charge in [0, 0.05) is 4.88 Å². The first-order valence-electron chi connectivity index (χ1n) is 3.88. The third-order valence-corrected chi connectivity index (χ3v) is 2.97. The second kappa shape index (κ2) is 3.88. The molecule has 0 fully saturated rings. The summed E-state index contributed by atoms with van der Waals surface area (Å²) >= 11 is 7.29. The van der Waals surface area contributed by atoms with Crippen molar-refractivity contribution in [2.75, 3.05) is 0 Å². The molecule has 0 aliphatic rings. The Kier molecular flexibility index (Phi) is 2.59. The lowest BCUT2D eigenvalue weighted by Gasteiger charge is -1.87. The quantitative estimate of drug-likeness (QED) is 0.447. The SMILES string of the molecule is O=C=NCc1cc2nc(Cl)ccc2s1. The number of aromatic nitrogens is 1. The maximum atomic E-state index is 9.92. The number of thiophene rings is 1. The number of fused-ring (bicyclic) bond motifs is 1. The molecular formula is C9H5ClN2OS. The van der Waals surface area contributed by atoms with Crippen LogP contribution in [0.5, 0.6) is 0 Å². The standard InChI is InChI=1S/C9H5ClN2OS/c10-9-2-1-8-7(12-9)3-6(14-8)4-11-5-13/h1-3H,4H2. The van der Waals surface area contributed by atoms with Crippen LogP contribution < -0.4 is 0 Å². The van der Waals surface area contributed by atoms with Gasteiger partial charge < -0.3 is 0 Å². The van der Waals surface area contributed by atoms with Gasteiger partial charge in [0.25, 0.3) is 0 Å². The molecule has 0 spiro atoms. The lowest BCUT2D eigenvalue weighted by Crippen LogP contribution is -1.73. The summed E-state index contributed by atoms with van der Waals surface area (Å²) < 4.78 is 1.05. The summed E-state index contributed by atoms with van der Waals surface area (Å²) in [5, 5.41) is 0.473. The Labute approximate surface area is 89.1 Å². The first kappa shape index (κ1) is 9.34. The van der Waals surface area contributed by atoms with Gasteiger partial charge in [-0.1, -0.05) is 11.6 Å². The van der Waals surface area contributed by atoms with Crippen LogP contribution in [0.25, 0.3) is 10.2 Å². The second-order valence-corrected chi connectivity index (χ2v) is 4.19. The van der Waals surface area contributed by atoms with E-state index in [2.05, 4.69) is 9.98 Å². The summed E-state index contributed by atoms with van der Waals surface area (Å²) in [7, 11) is 0. The Morgan fingerprint density at radius 3 is 3.21 bits per heavy atom. The molecule has 2 aromatic heterocycles. The summed E-state index contributed by atoms with van der Waals surface area (Å²) in [6.07, 6.45) is 1.51. The van der Waals surface area contributed by atoms with Gasteiger partial charge in [0.1, 0.15) is 5.15 Å². The van der Waals surface area contributed by atoms with E-state index in [1.165, 1.54) is 6.08 Å². The van der Waals surface area contributed by atoms with E-state index in [-0.39, 0.29) is 0 Å². The third kappa shape index (κ3) is 1.82. The van der Waals surface area contributed by atoms with Crippen molar-refractivity contribution in [3.63, 3.8) is 0 Å². The maximum absolute atomic E-state index is 9.92. The van der Waals surface area contributed by atoms with E-state index in [1.807, 2.05) is 12.1 Å². The lowest BCUT2D eigenvalue weighted by molar-refractivity contribution is 0.563. The predicted octanol–water partition coefficient (Wildman–Crippen LogP) is 2.79. The van der Waals surface area contributed by atoms with Crippen molar-refractivity contribution in [3.8, 4) is 0 Å². The van der Waals surface area contributed by atoms with Gasteiger partial charge in [0.15, 0.2) is 0 Å². The van der Waals surface area contributed by atoms with E-state index < -0.39 is 0 Å². The van der Waals surface area contributed by atoms with E-state index in [1.54, 1.807) is 17.4 Å². The van der Waals surface area contributed by atoms with Gasteiger partial charge in [-0.15, -0.1) is 11.3 Å². The normalized spacial score (nSPS) is 10.1. The Bertz CT molecular complexity index is 517. The fraction of sp³-hybridized carbons (Fsp3) is 0.111. The van der Waals surface area contributed by atoms with Gasteiger partial charge in [-0.3, -0.25) is 0 Å². The van der Waals surface area contributed by atoms with Crippen molar-refractivity contribution >= 4 is 39.2 Å². The molecule has 70 valence electrons. The van der Waals surface area contributed by atoms with Gasteiger partial charge in [0.05, 0.1) is 16.8 Å². The van der Waals surface area contributed by atoms with Crippen LogP contribution in [0.4, 0.5) is 0 Å². The Hall–Kier alpha value is -1.22. The molecule has 2 heterocycles. The molecule has 14 heavy (non-hydrogen) atoms. The van der Waals surface area contributed by atoms with Crippen LogP contribution >= 0.6 is 22.9 Å². The Balaban J connectivity index is 2.45. The molecule has 0 aliphatic carbocycles. The van der Waals surface area contributed by atoms with Crippen molar-refractivity contribution in [3.05, 3.63) is 28.2 Å². The van der Waals surface area contributed by atoms with Gasteiger partial charge in [-0.25, -0.2) is 14.8 Å². The molecule has 2 aromatic rings. The first-order chi connectivity index (χ1) is 6.79. The van der Waals surface area contributed by atoms with Crippen LogP contribution in [0.1, 0.15) is 4.88 Å². The minimum absolute atomic E-state index is 0.363. The van der Waals surface area contributed by atoms with E-state index in [9.17, 15) is 4.79 Å². The maximum Gasteiger partial charge on any atom is 0.235 e. The number of hydrogen-bond acceptors (Lipinski definition) is 4. The van der Waals surface area contributed by atoms with E-state index >= 15 is 0 Å². The van der Waals surface area contributed by atoms with Gasteiger partial charge in [0.2, 0.25) is 6.08 Å². The lowest BCUT2D eigenvalue weighted by atomic mass is 10.4. The number of isocyanates is 1. The number of rotatable bonds is 2. The van der Waals surface area contributed by atoms with Gasteiger partial charge in [-0.05, 0) is 18.2 Å².